The van der Waals surface area contributed by atoms with Crippen LogP contribution in [0.2, 0.25) is 0 Å². The monoisotopic (exact) mass is 363 g/mol. The zero-order chi connectivity index (χ0) is 18.7. The van der Waals surface area contributed by atoms with E-state index < -0.39 is 42.2 Å². The third-order valence-corrected chi connectivity index (χ3v) is 4.11. The van der Waals surface area contributed by atoms with Crippen molar-refractivity contribution < 1.29 is 28.3 Å². The molecule has 0 bridgehead atoms. The van der Waals surface area contributed by atoms with E-state index in [9.17, 15) is 23.6 Å². The number of para-hydroxylation sites is 1. The third-order valence-electron chi connectivity index (χ3n) is 4.11. The summed E-state index contributed by atoms with van der Waals surface area (Å²) in [6, 6.07) is 5.24. The van der Waals surface area contributed by atoms with Crippen LogP contribution in [0.15, 0.2) is 24.3 Å². The van der Waals surface area contributed by atoms with Gasteiger partial charge in [-0.25, -0.2) is 9.18 Å². The molecule has 1 saturated carbocycles. The Bertz CT molecular complexity index is 750. The number of hydrogen-bond acceptors (Lipinski definition) is 5. The molecule has 2 N–H and O–H groups in total. The van der Waals surface area contributed by atoms with Crippen molar-refractivity contribution >= 4 is 29.5 Å². The van der Waals surface area contributed by atoms with Crippen molar-refractivity contribution in [1.82, 2.24) is 10.6 Å². The Labute approximate surface area is 148 Å². The van der Waals surface area contributed by atoms with Crippen LogP contribution in [0.5, 0.6) is 0 Å². The van der Waals surface area contributed by atoms with Gasteiger partial charge in [-0.15, -0.1) is 0 Å². The van der Waals surface area contributed by atoms with Crippen LogP contribution in [-0.4, -0.2) is 43.0 Å². The van der Waals surface area contributed by atoms with E-state index in [1.165, 1.54) is 23.1 Å². The molecule has 1 aliphatic heterocycles. The number of benzene rings is 1. The summed E-state index contributed by atoms with van der Waals surface area (Å²) >= 11 is 0. The molecule has 2 fully saturated rings. The van der Waals surface area contributed by atoms with E-state index in [-0.39, 0.29) is 24.7 Å². The lowest BCUT2D eigenvalue weighted by Gasteiger charge is -2.17. The summed E-state index contributed by atoms with van der Waals surface area (Å²) in [4.78, 5) is 48.3. The van der Waals surface area contributed by atoms with E-state index in [4.69, 9.17) is 4.74 Å². The van der Waals surface area contributed by atoms with Gasteiger partial charge in [-0.1, -0.05) is 12.1 Å². The summed E-state index contributed by atoms with van der Waals surface area (Å²) in [5.74, 6) is -3.25. The average Bonchev–Trinajstić information content (AvgIpc) is 3.32. The van der Waals surface area contributed by atoms with E-state index in [1.54, 1.807) is 6.07 Å². The highest BCUT2D eigenvalue weighted by molar-refractivity contribution is 6.00. The molecular weight excluding hydrogens is 345 g/mol. The maximum absolute atomic E-state index is 13.8. The van der Waals surface area contributed by atoms with Gasteiger partial charge in [0.25, 0.3) is 5.91 Å². The molecule has 4 amide bonds. The van der Waals surface area contributed by atoms with E-state index in [0.717, 1.165) is 12.8 Å². The van der Waals surface area contributed by atoms with E-state index in [1.807, 2.05) is 0 Å². The largest absolute Gasteiger partial charge is 0.455 e. The van der Waals surface area contributed by atoms with Crippen LogP contribution in [-0.2, 0) is 19.1 Å². The van der Waals surface area contributed by atoms with E-state index in [0.29, 0.717) is 0 Å². The van der Waals surface area contributed by atoms with Crippen molar-refractivity contribution in [1.29, 1.82) is 0 Å². The number of ether oxygens (including phenoxy) is 1. The molecule has 1 saturated heterocycles. The summed E-state index contributed by atoms with van der Waals surface area (Å²) < 4.78 is 18.7. The Hall–Kier alpha value is -2.97. The van der Waals surface area contributed by atoms with Gasteiger partial charge in [-0.3, -0.25) is 19.7 Å². The number of nitrogens with one attached hydrogen (secondary N) is 2. The molecule has 138 valence electrons. The lowest BCUT2D eigenvalue weighted by Crippen LogP contribution is -2.42. The molecule has 0 aromatic heterocycles. The molecule has 26 heavy (non-hydrogen) atoms. The number of anilines is 1. The van der Waals surface area contributed by atoms with Crippen molar-refractivity contribution in [2.75, 3.05) is 18.1 Å². The summed E-state index contributed by atoms with van der Waals surface area (Å²) in [5, 5.41) is 4.62. The summed E-state index contributed by atoms with van der Waals surface area (Å²) in [6.45, 7) is -0.649. The molecular formula is C17H18FN3O5. The number of urea groups is 1. The second-order valence-corrected chi connectivity index (χ2v) is 6.26. The SMILES string of the molecule is O=C(COC(=O)[C@@H]1CC(=O)N(c2ccccc2F)C1)NC(=O)NC1CC1. The standard InChI is InChI=1S/C17H18FN3O5/c18-12-3-1-2-4-13(12)21-8-10(7-15(21)23)16(24)26-9-14(22)20-17(25)19-11-5-6-11/h1-4,10-11H,5-9H2,(H2,19,20,22,25)/t10-/m1/s1. The van der Waals surface area contributed by atoms with Gasteiger partial charge >= 0.3 is 12.0 Å². The topological polar surface area (TPSA) is 105 Å². The lowest BCUT2D eigenvalue weighted by atomic mass is 10.1. The second kappa shape index (κ2) is 7.51. The second-order valence-electron chi connectivity index (χ2n) is 6.26. The number of amides is 4. The minimum absolute atomic E-state index is 0.0254. The Balaban J connectivity index is 1.48. The first-order valence-electron chi connectivity index (χ1n) is 8.26. The van der Waals surface area contributed by atoms with Crippen LogP contribution in [0.1, 0.15) is 19.3 Å². The van der Waals surface area contributed by atoms with Crippen LogP contribution in [0.25, 0.3) is 0 Å². The number of hydrogen-bond donors (Lipinski definition) is 2. The maximum Gasteiger partial charge on any atom is 0.321 e. The zero-order valence-electron chi connectivity index (χ0n) is 13.9. The number of nitrogens with zero attached hydrogens (tertiary/aromatic N) is 1. The molecule has 0 radical (unpaired) electrons. The maximum atomic E-state index is 13.8. The molecule has 1 heterocycles. The number of esters is 1. The van der Waals surface area contributed by atoms with Gasteiger partial charge in [0.1, 0.15) is 5.82 Å². The third kappa shape index (κ3) is 4.35. The normalized spacial score (nSPS) is 19.2. The smallest absolute Gasteiger partial charge is 0.321 e. The van der Waals surface area contributed by atoms with Crippen molar-refractivity contribution in [2.45, 2.75) is 25.3 Å². The highest BCUT2D eigenvalue weighted by Crippen LogP contribution is 2.27. The van der Waals surface area contributed by atoms with Crippen LogP contribution in [0, 0.1) is 11.7 Å². The lowest BCUT2D eigenvalue weighted by molar-refractivity contribution is -0.152. The van der Waals surface area contributed by atoms with Crippen LogP contribution >= 0.6 is 0 Å². The van der Waals surface area contributed by atoms with Crippen LogP contribution in [0.3, 0.4) is 0 Å². The Morgan fingerprint density at radius 2 is 1.96 bits per heavy atom. The van der Waals surface area contributed by atoms with Gasteiger partial charge in [0.2, 0.25) is 5.91 Å². The molecule has 8 nitrogen and oxygen atoms in total. The first-order chi connectivity index (χ1) is 12.4. The van der Waals surface area contributed by atoms with Gasteiger partial charge < -0.3 is 15.0 Å². The first-order valence-corrected chi connectivity index (χ1v) is 8.26. The minimum atomic E-state index is -0.796. The van der Waals surface area contributed by atoms with Crippen molar-refractivity contribution in [3.63, 3.8) is 0 Å². The first kappa shape index (κ1) is 17.8. The van der Waals surface area contributed by atoms with E-state index >= 15 is 0 Å². The van der Waals surface area contributed by atoms with E-state index in [2.05, 4.69) is 10.6 Å². The van der Waals surface area contributed by atoms with Gasteiger partial charge in [0, 0.05) is 19.0 Å². The quantitative estimate of drug-likeness (QED) is 0.750. The van der Waals surface area contributed by atoms with Gasteiger partial charge in [-0.2, -0.15) is 0 Å². The summed E-state index contributed by atoms with van der Waals surface area (Å²) in [6.07, 6.45) is 1.63. The van der Waals surface area contributed by atoms with Crippen molar-refractivity contribution in [3.8, 4) is 0 Å². The molecule has 1 aliphatic carbocycles. The molecule has 0 unspecified atom stereocenters. The highest BCUT2D eigenvalue weighted by atomic mass is 19.1. The Morgan fingerprint density at radius 3 is 2.65 bits per heavy atom. The summed E-state index contributed by atoms with van der Waals surface area (Å²) in [5.41, 5.74) is 0.0993. The molecule has 1 aromatic carbocycles. The Morgan fingerprint density at radius 1 is 1.23 bits per heavy atom. The fraction of sp³-hybridized carbons (Fsp3) is 0.412. The predicted octanol–water partition coefficient (Wildman–Crippen LogP) is 0.710. The number of rotatable bonds is 5. The zero-order valence-corrected chi connectivity index (χ0v) is 13.9. The molecule has 0 spiro atoms. The fourth-order valence-corrected chi connectivity index (χ4v) is 2.64. The molecule has 1 aromatic rings. The molecule has 2 aliphatic rings. The highest BCUT2D eigenvalue weighted by Gasteiger charge is 2.37. The Kier molecular flexibility index (Phi) is 5.15. The number of carbonyl (C=O) groups is 4. The minimum Gasteiger partial charge on any atom is -0.455 e. The molecule has 1 atom stereocenters. The molecule has 9 heteroatoms. The number of imide groups is 1. The van der Waals surface area contributed by atoms with Crippen LogP contribution in [0.4, 0.5) is 14.9 Å². The van der Waals surface area contributed by atoms with Crippen molar-refractivity contribution in [3.05, 3.63) is 30.1 Å². The van der Waals surface area contributed by atoms with Gasteiger partial charge in [0.15, 0.2) is 6.61 Å². The molecule has 3 rings (SSSR count). The van der Waals surface area contributed by atoms with Gasteiger partial charge in [0.05, 0.1) is 11.6 Å². The number of carbonyl (C=O) groups excluding carboxylic acids is 4. The van der Waals surface area contributed by atoms with Gasteiger partial charge in [-0.05, 0) is 25.0 Å². The van der Waals surface area contributed by atoms with Crippen molar-refractivity contribution in [2.24, 2.45) is 5.92 Å². The van der Waals surface area contributed by atoms with Crippen LogP contribution < -0.4 is 15.5 Å². The fourth-order valence-electron chi connectivity index (χ4n) is 2.64. The number of halogens is 1. The summed E-state index contributed by atoms with van der Waals surface area (Å²) in [7, 11) is 0. The predicted molar refractivity (Wildman–Crippen MR) is 87.5 cm³/mol. The average molecular weight is 363 g/mol.